The smallest absolute Gasteiger partial charge is 0.303 e. The van der Waals surface area contributed by atoms with Crippen molar-refractivity contribution in [1.29, 1.82) is 0 Å². The van der Waals surface area contributed by atoms with Gasteiger partial charge in [-0.3, -0.25) is 4.79 Å². The fourth-order valence-electron chi connectivity index (χ4n) is 3.79. The molecule has 0 saturated heterocycles. The van der Waals surface area contributed by atoms with Gasteiger partial charge >= 0.3 is 5.97 Å². The Morgan fingerprint density at radius 2 is 1.23 bits per heavy atom. The molecule has 31 heavy (non-hydrogen) atoms. The quantitative estimate of drug-likeness (QED) is 0.328. The summed E-state index contributed by atoms with van der Waals surface area (Å²) in [6.07, 6.45) is 1.53. The highest BCUT2D eigenvalue weighted by Gasteiger charge is 2.10. The molecular formula is C28H23ClO2. The molecule has 3 heteroatoms. The highest BCUT2D eigenvalue weighted by molar-refractivity contribution is 6.30. The summed E-state index contributed by atoms with van der Waals surface area (Å²) in [6.45, 7) is 0. The number of hydrogen-bond donors (Lipinski definition) is 1. The maximum absolute atomic E-state index is 11.0. The monoisotopic (exact) mass is 426 g/mol. The lowest BCUT2D eigenvalue weighted by atomic mass is 9.91. The van der Waals surface area contributed by atoms with E-state index in [1.54, 1.807) is 0 Å². The molecule has 0 atom stereocenters. The van der Waals surface area contributed by atoms with E-state index in [0.717, 1.165) is 39.3 Å². The van der Waals surface area contributed by atoms with E-state index in [2.05, 4.69) is 54.6 Å². The van der Waals surface area contributed by atoms with Gasteiger partial charge < -0.3 is 5.11 Å². The van der Waals surface area contributed by atoms with Crippen molar-refractivity contribution in [2.45, 2.75) is 19.3 Å². The van der Waals surface area contributed by atoms with Gasteiger partial charge in [0.05, 0.1) is 0 Å². The van der Waals surface area contributed by atoms with Crippen LogP contribution >= 0.6 is 11.6 Å². The lowest BCUT2D eigenvalue weighted by Crippen LogP contribution is -1.97. The van der Waals surface area contributed by atoms with E-state index >= 15 is 0 Å². The molecular weight excluding hydrogens is 404 g/mol. The Balaban J connectivity index is 1.69. The van der Waals surface area contributed by atoms with Gasteiger partial charge in [0.15, 0.2) is 0 Å². The predicted octanol–water partition coefficient (Wildman–Crippen LogP) is 7.75. The van der Waals surface area contributed by atoms with Crippen LogP contribution in [0.3, 0.4) is 0 Å². The van der Waals surface area contributed by atoms with Crippen molar-refractivity contribution in [3.63, 3.8) is 0 Å². The van der Waals surface area contributed by atoms with E-state index < -0.39 is 5.97 Å². The second-order valence-corrected chi connectivity index (χ2v) is 8.01. The topological polar surface area (TPSA) is 37.3 Å². The largest absolute Gasteiger partial charge is 0.481 e. The van der Waals surface area contributed by atoms with Crippen molar-refractivity contribution in [2.24, 2.45) is 0 Å². The first-order chi connectivity index (χ1) is 15.1. The lowest BCUT2D eigenvalue weighted by Gasteiger charge is -2.13. The molecule has 0 heterocycles. The fourth-order valence-corrected chi connectivity index (χ4v) is 3.91. The minimum absolute atomic E-state index is 0.176. The average molecular weight is 427 g/mol. The molecule has 4 aromatic rings. The van der Waals surface area contributed by atoms with Crippen LogP contribution in [-0.2, 0) is 11.2 Å². The normalized spacial score (nSPS) is 10.7. The Hall–Kier alpha value is -3.36. The molecule has 4 aromatic carbocycles. The van der Waals surface area contributed by atoms with Gasteiger partial charge in [-0.15, -0.1) is 0 Å². The number of hydrogen-bond acceptors (Lipinski definition) is 1. The van der Waals surface area contributed by atoms with E-state index in [-0.39, 0.29) is 6.42 Å². The zero-order valence-corrected chi connectivity index (χ0v) is 17.8. The van der Waals surface area contributed by atoms with Crippen LogP contribution in [0.25, 0.3) is 33.4 Å². The Labute approximate surface area is 187 Å². The van der Waals surface area contributed by atoms with Crippen LogP contribution < -0.4 is 0 Å². The van der Waals surface area contributed by atoms with Crippen molar-refractivity contribution in [1.82, 2.24) is 0 Å². The minimum Gasteiger partial charge on any atom is -0.481 e. The van der Waals surface area contributed by atoms with Crippen molar-refractivity contribution >= 4 is 17.6 Å². The fraction of sp³-hybridized carbons (Fsp3) is 0.107. The Morgan fingerprint density at radius 3 is 1.87 bits per heavy atom. The van der Waals surface area contributed by atoms with Crippen LogP contribution in [0.2, 0.25) is 5.02 Å². The summed E-state index contributed by atoms with van der Waals surface area (Å²) >= 11 is 6.01. The van der Waals surface area contributed by atoms with Crippen LogP contribution in [0, 0.1) is 0 Å². The Morgan fingerprint density at radius 1 is 0.677 bits per heavy atom. The molecule has 0 bridgehead atoms. The maximum atomic E-state index is 11.0. The summed E-state index contributed by atoms with van der Waals surface area (Å²) in [7, 11) is 0. The SMILES string of the molecule is O=C(O)CCCc1ccc(-c2ccccc2)cc1-c1ccc(-c2ccc(Cl)cc2)cc1. The summed E-state index contributed by atoms with van der Waals surface area (Å²) in [5, 5.41) is 9.74. The highest BCUT2D eigenvalue weighted by Crippen LogP contribution is 2.32. The van der Waals surface area contributed by atoms with Gasteiger partial charge in [0.2, 0.25) is 0 Å². The Bertz CT molecular complexity index is 1160. The number of aryl methyl sites for hydroxylation is 1. The van der Waals surface area contributed by atoms with Gasteiger partial charge in [-0.25, -0.2) is 0 Å². The number of aliphatic carboxylic acids is 1. The highest BCUT2D eigenvalue weighted by atomic mass is 35.5. The molecule has 154 valence electrons. The van der Waals surface area contributed by atoms with E-state index in [1.807, 2.05) is 42.5 Å². The van der Waals surface area contributed by atoms with Crippen LogP contribution in [0.1, 0.15) is 18.4 Å². The number of carboxylic acid groups (broad SMARTS) is 1. The van der Waals surface area contributed by atoms with Crippen molar-refractivity contribution in [3.8, 4) is 33.4 Å². The molecule has 0 aliphatic carbocycles. The molecule has 0 saturated carbocycles. The van der Waals surface area contributed by atoms with Crippen molar-refractivity contribution in [2.75, 3.05) is 0 Å². The zero-order chi connectivity index (χ0) is 21.6. The summed E-state index contributed by atoms with van der Waals surface area (Å²) in [6, 6.07) is 33.1. The molecule has 0 fully saturated rings. The molecule has 2 nitrogen and oxygen atoms in total. The molecule has 0 spiro atoms. The minimum atomic E-state index is -0.755. The van der Waals surface area contributed by atoms with Gasteiger partial charge in [0.25, 0.3) is 0 Å². The van der Waals surface area contributed by atoms with Crippen LogP contribution in [0.5, 0.6) is 0 Å². The van der Waals surface area contributed by atoms with E-state index in [1.165, 1.54) is 11.1 Å². The van der Waals surface area contributed by atoms with Gasteiger partial charge in [-0.1, -0.05) is 90.5 Å². The first kappa shape index (κ1) is 20.9. The van der Waals surface area contributed by atoms with Gasteiger partial charge in [-0.2, -0.15) is 0 Å². The van der Waals surface area contributed by atoms with Gasteiger partial charge in [0.1, 0.15) is 0 Å². The number of benzene rings is 4. The van der Waals surface area contributed by atoms with E-state index in [4.69, 9.17) is 16.7 Å². The number of carbonyl (C=O) groups is 1. The zero-order valence-electron chi connectivity index (χ0n) is 17.1. The maximum Gasteiger partial charge on any atom is 0.303 e. The third-order valence-electron chi connectivity index (χ3n) is 5.43. The van der Waals surface area contributed by atoms with Crippen LogP contribution in [0.15, 0.2) is 97.1 Å². The third kappa shape index (κ3) is 5.22. The Kier molecular flexibility index (Phi) is 6.49. The average Bonchev–Trinajstić information content (AvgIpc) is 2.80. The van der Waals surface area contributed by atoms with E-state index in [0.29, 0.717) is 6.42 Å². The third-order valence-corrected chi connectivity index (χ3v) is 5.68. The van der Waals surface area contributed by atoms with Crippen LogP contribution in [-0.4, -0.2) is 11.1 Å². The molecule has 4 rings (SSSR count). The molecule has 0 radical (unpaired) electrons. The molecule has 1 N–H and O–H groups in total. The molecule has 0 aliphatic rings. The first-order valence-corrected chi connectivity index (χ1v) is 10.7. The standard InChI is InChI=1S/C28H23ClO2/c29-26-17-15-22(16-18-26)21-9-11-24(12-10-21)27-19-25(20-5-2-1-3-6-20)14-13-23(27)7-4-8-28(30)31/h1-3,5-6,9-19H,4,7-8H2,(H,30,31). The summed E-state index contributed by atoms with van der Waals surface area (Å²) < 4.78 is 0. The predicted molar refractivity (Wildman–Crippen MR) is 128 cm³/mol. The second-order valence-electron chi connectivity index (χ2n) is 7.57. The lowest BCUT2D eigenvalue weighted by molar-refractivity contribution is -0.137. The number of rotatable bonds is 7. The molecule has 0 aliphatic heterocycles. The number of carboxylic acids is 1. The van der Waals surface area contributed by atoms with Gasteiger partial charge in [-0.05, 0) is 70.0 Å². The van der Waals surface area contributed by atoms with Gasteiger partial charge in [0, 0.05) is 11.4 Å². The van der Waals surface area contributed by atoms with Crippen molar-refractivity contribution < 1.29 is 9.90 Å². The summed E-state index contributed by atoms with van der Waals surface area (Å²) in [4.78, 5) is 11.0. The molecule has 0 unspecified atom stereocenters. The van der Waals surface area contributed by atoms with Crippen LogP contribution in [0.4, 0.5) is 0 Å². The number of halogens is 1. The summed E-state index contributed by atoms with van der Waals surface area (Å²) in [5.41, 5.74) is 8.01. The molecule has 0 amide bonds. The molecule has 0 aromatic heterocycles. The summed E-state index contributed by atoms with van der Waals surface area (Å²) in [5.74, 6) is -0.755. The van der Waals surface area contributed by atoms with Crippen molar-refractivity contribution in [3.05, 3.63) is 108 Å². The first-order valence-electron chi connectivity index (χ1n) is 10.4. The second kappa shape index (κ2) is 9.63. The van der Waals surface area contributed by atoms with E-state index in [9.17, 15) is 4.79 Å².